The Morgan fingerprint density at radius 3 is 2.79 bits per heavy atom. The Morgan fingerprint density at radius 1 is 1.57 bits per heavy atom. The van der Waals surface area contributed by atoms with Gasteiger partial charge >= 0.3 is 0 Å². The Hall–Kier alpha value is -1.16. The van der Waals surface area contributed by atoms with Crippen LogP contribution in [0.15, 0.2) is 6.58 Å². The summed E-state index contributed by atoms with van der Waals surface area (Å²) in [5.74, 6) is -0.384. The van der Waals surface area contributed by atoms with E-state index in [-0.39, 0.29) is 22.4 Å². The molecule has 0 aromatic carbocycles. The molecule has 3 nitrogen and oxygen atoms in total. The molecule has 0 amide bonds. The number of nitrogens with zero attached hydrogens (tertiary/aromatic N) is 2. The van der Waals surface area contributed by atoms with Crippen molar-refractivity contribution < 1.29 is 9.13 Å². The highest BCUT2D eigenvalue weighted by atomic mass is 35.5. The molecule has 0 N–H and O–H groups in total. The third-order valence-electron chi connectivity index (χ3n) is 1.57. The van der Waals surface area contributed by atoms with Gasteiger partial charge in [-0.1, -0.05) is 6.58 Å². The Morgan fingerprint density at radius 2 is 2.21 bits per heavy atom. The number of aromatic nitrogens is 2. The molecule has 0 aliphatic rings. The lowest BCUT2D eigenvalue weighted by Gasteiger charge is -2.08. The predicted molar refractivity (Wildman–Crippen MR) is 52.4 cm³/mol. The van der Waals surface area contributed by atoms with Crippen LogP contribution in [0.4, 0.5) is 4.39 Å². The molecule has 0 fully saturated rings. The molecule has 1 rings (SSSR count). The van der Waals surface area contributed by atoms with E-state index in [1.54, 1.807) is 6.92 Å². The fraction of sp³-hybridized carbons (Fsp3) is 0.333. The average molecular weight is 217 g/mol. The maximum Gasteiger partial charge on any atom is 0.223 e. The summed E-state index contributed by atoms with van der Waals surface area (Å²) in [5.41, 5.74) is 0.199. The summed E-state index contributed by atoms with van der Waals surface area (Å²) in [6.45, 7) is 7.23. The topological polar surface area (TPSA) is 35.0 Å². The highest BCUT2D eigenvalue weighted by Crippen LogP contribution is 2.18. The van der Waals surface area contributed by atoms with Gasteiger partial charge in [0.05, 0.1) is 12.3 Å². The summed E-state index contributed by atoms with van der Waals surface area (Å²) in [6, 6.07) is 0. The summed E-state index contributed by atoms with van der Waals surface area (Å²) >= 11 is 5.58. The quantitative estimate of drug-likeness (QED) is 0.576. The van der Waals surface area contributed by atoms with Gasteiger partial charge in [0, 0.05) is 0 Å². The van der Waals surface area contributed by atoms with Crippen LogP contribution in [0.3, 0.4) is 0 Å². The van der Waals surface area contributed by atoms with E-state index in [1.807, 2.05) is 0 Å². The lowest BCUT2D eigenvalue weighted by Crippen LogP contribution is -2.02. The van der Waals surface area contributed by atoms with Gasteiger partial charge in [0.25, 0.3) is 0 Å². The van der Waals surface area contributed by atoms with Crippen molar-refractivity contribution >= 4 is 17.4 Å². The van der Waals surface area contributed by atoms with Gasteiger partial charge in [-0.2, -0.15) is 0 Å². The van der Waals surface area contributed by atoms with Crippen LogP contribution in [0, 0.1) is 12.7 Å². The van der Waals surface area contributed by atoms with E-state index in [0.717, 1.165) is 0 Å². The van der Waals surface area contributed by atoms with Gasteiger partial charge in [-0.05, 0) is 25.4 Å². The van der Waals surface area contributed by atoms with E-state index < -0.39 is 5.82 Å². The molecule has 0 spiro atoms. The van der Waals surface area contributed by atoms with Gasteiger partial charge in [0.2, 0.25) is 5.28 Å². The average Bonchev–Trinajstić information content (AvgIpc) is 2.11. The molecule has 14 heavy (non-hydrogen) atoms. The largest absolute Gasteiger partial charge is 0.492 e. The standard InChI is InChI=1S/C9H10ClFN2O/c1-4-14-6(3)8-7(11)5(2)12-9(10)13-8/h3-4H2,1-2H3. The summed E-state index contributed by atoms with van der Waals surface area (Å²) in [6.07, 6.45) is 0. The monoisotopic (exact) mass is 216 g/mol. The van der Waals surface area contributed by atoms with E-state index in [9.17, 15) is 4.39 Å². The first kappa shape index (κ1) is 10.9. The zero-order valence-corrected chi connectivity index (χ0v) is 8.73. The van der Waals surface area contributed by atoms with Crippen LogP contribution >= 0.6 is 11.6 Å². The van der Waals surface area contributed by atoms with Crippen LogP contribution in [0.25, 0.3) is 5.76 Å². The van der Waals surface area contributed by atoms with Gasteiger partial charge in [0.15, 0.2) is 5.82 Å². The fourth-order valence-electron chi connectivity index (χ4n) is 0.953. The molecule has 1 aromatic rings. The minimum Gasteiger partial charge on any atom is -0.492 e. The zero-order chi connectivity index (χ0) is 10.7. The Bertz CT molecular complexity index is 368. The number of rotatable bonds is 3. The molecule has 1 heterocycles. The minimum absolute atomic E-state index is 0.0141. The van der Waals surface area contributed by atoms with Crippen molar-refractivity contribution in [1.29, 1.82) is 0 Å². The van der Waals surface area contributed by atoms with Gasteiger partial charge in [-0.25, -0.2) is 14.4 Å². The van der Waals surface area contributed by atoms with E-state index in [1.165, 1.54) is 6.92 Å². The highest BCUT2D eigenvalue weighted by Gasteiger charge is 2.13. The van der Waals surface area contributed by atoms with Crippen molar-refractivity contribution in [2.45, 2.75) is 13.8 Å². The molecule has 0 aliphatic heterocycles. The zero-order valence-electron chi connectivity index (χ0n) is 7.97. The Kier molecular flexibility index (Phi) is 3.41. The first-order valence-electron chi connectivity index (χ1n) is 4.08. The molecule has 0 atom stereocenters. The number of halogens is 2. The molecule has 1 aromatic heterocycles. The van der Waals surface area contributed by atoms with Gasteiger partial charge < -0.3 is 4.74 Å². The molecule has 0 saturated heterocycles. The first-order valence-corrected chi connectivity index (χ1v) is 4.45. The number of hydrogen-bond acceptors (Lipinski definition) is 3. The first-order chi connectivity index (χ1) is 6.56. The normalized spacial score (nSPS) is 10.0. The van der Waals surface area contributed by atoms with Crippen LogP contribution in [0.2, 0.25) is 5.28 Å². The second-order valence-electron chi connectivity index (χ2n) is 2.60. The molecule has 0 aliphatic carbocycles. The lowest BCUT2D eigenvalue weighted by atomic mass is 10.3. The number of aryl methyl sites for hydroxylation is 1. The molecule has 0 saturated carbocycles. The lowest BCUT2D eigenvalue weighted by molar-refractivity contribution is 0.295. The van der Waals surface area contributed by atoms with Crippen molar-refractivity contribution in [2.75, 3.05) is 6.61 Å². The van der Waals surface area contributed by atoms with Gasteiger partial charge in [-0.3, -0.25) is 0 Å². The molecular formula is C9H10ClFN2O. The maximum absolute atomic E-state index is 13.4. The van der Waals surface area contributed by atoms with Crippen molar-refractivity contribution in [2.24, 2.45) is 0 Å². The second-order valence-corrected chi connectivity index (χ2v) is 2.93. The summed E-state index contributed by atoms with van der Waals surface area (Å²) in [4.78, 5) is 7.37. The van der Waals surface area contributed by atoms with Gasteiger partial charge in [-0.15, -0.1) is 0 Å². The summed E-state index contributed by atoms with van der Waals surface area (Å²) < 4.78 is 18.5. The fourth-order valence-corrected chi connectivity index (χ4v) is 1.16. The Labute approximate surface area is 86.6 Å². The summed E-state index contributed by atoms with van der Waals surface area (Å²) in [5, 5.41) is -0.0141. The molecule has 5 heteroatoms. The van der Waals surface area contributed by atoms with E-state index in [2.05, 4.69) is 16.5 Å². The molecule has 0 radical (unpaired) electrons. The molecule has 0 bridgehead atoms. The predicted octanol–water partition coefficient (Wildman–Crippen LogP) is 2.58. The third kappa shape index (κ3) is 2.20. The van der Waals surface area contributed by atoms with E-state index in [4.69, 9.17) is 16.3 Å². The summed E-state index contributed by atoms with van der Waals surface area (Å²) in [7, 11) is 0. The van der Waals surface area contributed by atoms with Crippen LogP contribution in [0.5, 0.6) is 0 Å². The molecular weight excluding hydrogens is 207 g/mol. The maximum atomic E-state index is 13.4. The number of hydrogen-bond donors (Lipinski definition) is 0. The van der Waals surface area contributed by atoms with Crippen molar-refractivity contribution in [3.05, 3.63) is 29.1 Å². The van der Waals surface area contributed by atoms with Crippen molar-refractivity contribution in [3.63, 3.8) is 0 Å². The van der Waals surface area contributed by atoms with Crippen molar-refractivity contribution in [1.82, 2.24) is 9.97 Å². The smallest absolute Gasteiger partial charge is 0.223 e. The van der Waals surface area contributed by atoms with Crippen LogP contribution < -0.4 is 0 Å². The van der Waals surface area contributed by atoms with Gasteiger partial charge in [0.1, 0.15) is 11.5 Å². The van der Waals surface area contributed by atoms with E-state index >= 15 is 0 Å². The molecule has 76 valence electrons. The minimum atomic E-state index is -0.548. The molecule has 0 unspecified atom stereocenters. The van der Waals surface area contributed by atoms with E-state index in [0.29, 0.717) is 6.61 Å². The highest BCUT2D eigenvalue weighted by molar-refractivity contribution is 6.28. The number of ether oxygens (including phenoxy) is 1. The second kappa shape index (κ2) is 4.37. The van der Waals surface area contributed by atoms with Crippen LogP contribution in [-0.4, -0.2) is 16.6 Å². The van der Waals surface area contributed by atoms with Crippen LogP contribution in [0.1, 0.15) is 18.3 Å². The third-order valence-corrected chi connectivity index (χ3v) is 1.74. The van der Waals surface area contributed by atoms with Crippen molar-refractivity contribution in [3.8, 4) is 0 Å². The van der Waals surface area contributed by atoms with Crippen LogP contribution in [-0.2, 0) is 4.74 Å². The SMILES string of the molecule is C=C(OCC)c1nc(Cl)nc(C)c1F. The Balaban J connectivity index is 3.13.